The molecule has 1 aliphatic rings. The molecule has 4 aromatic rings. The smallest absolute Gasteiger partial charge is 0.123 e. The van der Waals surface area contributed by atoms with Crippen LogP contribution < -0.4 is 0 Å². The highest BCUT2D eigenvalue weighted by atomic mass is 32.1. The monoisotopic (exact) mass is 431 g/mol. The summed E-state index contributed by atoms with van der Waals surface area (Å²) in [5.41, 5.74) is 4.18. The van der Waals surface area contributed by atoms with E-state index in [2.05, 4.69) is 67.5 Å². The topological polar surface area (TPSA) is 12.5 Å². The van der Waals surface area contributed by atoms with Crippen LogP contribution in [0.3, 0.4) is 0 Å². The third-order valence-electron chi connectivity index (χ3n) is 6.17. The van der Waals surface area contributed by atoms with Crippen LogP contribution >= 0.6 is 11.3 Å². The minimum Gasteiger partial charge on any atom is -0.361 e. The number of fused-ring (bicyclic) bond motifs is 2. The third kappa shape index (κ3) is 3.80. The minimum atomic E-state index is -0.516. The van der Waals surface area contributed by atoms with E-state index < -0.39 is 5.60 Å². The largest absolute Gasteiger partial charge is 0.361 e. The summed E-state index contributed by atoms with van der Waals surface area (Å²) in [5.74, 6) is -0.217. The molecule has 1 atom stereocenters. The first-order valence-electron chi connectivity index (χ1n) is 10.7. The Kier molecular flexibility index (Phi) is 5.39. The average Bonchev–Trinajstić information content (AvgIpc) is 3.36. The third-order valence-corrected chi connectivity index (χ3v) is 7.33. The molecule has 0 fully saturated rings. The van der Waals surface area contributed by atoms with Crippen LogP contribution in [0.5, 0.6) is 0 Å². The van der Waals surface area contributed by atoms with Gasteiger partial charge in [-0.25, -0.2) is 4.39 Å². The number of ether oxygens (including phenoxy) is 1. The van der Waals surface area contributed by atoms with E-state index in [1.165, 1.54) is 43.8 Å². The normalized spacial score (nSPS) is 18.1. The van der Waals surface area contributed by atoms with E-state index in [0.29, 0.717) is 6.61 Å². The number of benzene rings is 3. The molecule has 2 nitrogen and oxygen atoms in total. The number of nitrogens with zero attached hydrogens (tertiary/aromatic N) is 1. The summed E-state index contributed by atoms with van der Waals surface area (Å²) in [6, 6.07) is 24.3. The van der Waals surface area contributed by atoms with Crippen molar-refractivity contribution in [2.45, 2.75) is 25.0 Å². The first kappa shape index (κ1) is 20.4. The minimum absolute atomic E-state index is 0.217. The van der Waals surface area contributed by atoms with Gasteiger partial charge in [0.15, 0.2) is 0 Å². The van der Waals surface area contributed by atoms with E-state index in [1.807, 2.05) is 23.5 Å². The second-order valence-electron chi connectivity index (χ2n) is 8.55. The van der Waals surface area contributed by atoms with Crippen LogP contribution in [-0.4, -0.2) is 25.5 Å². The highest BCUT2D eigenvalue weighted by Gasteiger charge is 2.41. The molecular weight excluding hydrogens is 405 g/mol. The van der Waals surface area contributed by atoms with Gasteiger partial charge in [-0.3, -0.25) is 0 Å². The maximum Gasteiger partial charge on any atom is 0.123 e. The van der Waals surface area contributed by atoms with Crippen molar-refractivity contribution in [3.8, 4) is 10.4 Å². The summed E-state index contributed by atoms with van der Waals surface area (Å²) in [6.45, 7) is 1.56. The lowest BCUT2D eigenvalue weighted by molar-refractivity contribution is -0.0140. The predicted molar refractivity (Wildman–Crippen MR) is 127 cm³/mol. The molecule has 3 aromatic carbocycles. The van der Waals surface area contributed by atoms with Crippen LogP contribution in [0.4, 0.5) is 4.39 Å². The van der Waals surface area contributed by atoms with Gasteiger partial charge in [-0.05, 0) is 91.5 Å². The zero-order valence-corrected chi connectivity index (χ0v) is 18.7. The lowest BCUT2D eigenvalue weighted by Gasteiger charge is -2.31. The lowest BCUT2D eigenvalue weighted by atomic mass is 9.81. The Bertz CT molecular complexity index is 1180. The molecular formula is C27H26FNOS. The highest BCUT2D eigenvalue weighted by molar-refractivity contribution is 7.22. The van der Waals surface area contributed by atoms with Crippen molar-refractivity contribution in [3.05, 3.63) is 95.3 Å². The summed E-state index contributed by atoms with van der Waals surface area (Å²) in [7, 11) is 4.18. The van der Waals surface area contributed by atoms with Crippen LogP contribution in [-0.2, 0) is 16.9 Å². The fourth-order valence-corrected chi connectivity index (χ4v) is 5.68. The zero-order chi connectivity index (χ0) is 21.4. The molecule has 0 N–H and O–H groups in total. The van der Waals surface area contributed by atoms with Crippen molar-refractivity contribution in [1.82, 2.24) is 4.90 Å². The lowest BCUT2D eigenvalue weighted by Crippen LogP contribution is -2.28. The molecule has 0 saturated heterocycles. The van der Waals surface area contributed by atoms with Gasteiger partial charge in [-0.15, -0.1) is 11.3 Å². The van der Waals surface area contributed by atoms with Crippen molar-refractivity contribution < 1.29 is 9.13 Å². The molecule has 0 saturated carbocycles. The molecule has 0 radical (unpaired) electrons. The first-order chi connectivity index (χ1) is 15.0. The molecule has 0 bridgehead atoms. The highest BCUT2D eigenvalue weighted by Crippen LogP contribution is 2.47. The maximum atomic E-state index is 13.6. The van der Waals surface area contributed by atoms with E-state index in [-0.39, 0.29) is 5.82 Å². The standard InChI is InChI=1S/C27H26FNOS/c1-29(2)15-5-14-27(22-9-11-23(28)12-10-22)24-13-8-20(16-21(24)18-30-27)26-17-19-6-3-4-7-25(19)31-26/h3-4,6-13,16-17H,5,14-15,18H2,1-2H3. The van der Waals surface area contributed by atoms with E-state index in [4.69, 9.17) is 4.74 Å². The van der Waals surface area contributed by atoms with Crippen molar-refractivity contribution in [3.63, 3.8) is 0 Å². The molecule has 31 heavy (non-hydrogen) atoms. The van der Waals surface area contributed by atoms with Crippen LogP contribution in [0, 0.1) is 5.82 Å². The number of hydrogen-bond donors (Lipinski definition) is 0. The summed E-state index contributed by atoms with van der Waals surface area (Å²) >= 11 is 1.82. The van der Waals surface area contributed by atoms with Crippen molar-refractivity contribution in [2.75, 3.05) is 20.6 Å². The average molecular weight is 432 g/mol. The van der Waals surface area contributed by atoms with Gasteiger partial charge < -0.3 is 9.64 Å². The van der Waals surface area contributed by atoms with Gasteiger partial charge in [0.05, 0.1) is 6.61 Å². The molecule has 1 aromatic heterocycles. The predicted octanol–water partition coefficient (Wildman–Crippen LogP) is 6.82. The molecule has 0 aliphatic carbocycles. The number of thiophene rings is 1. The fraction of sp³-hybridized carbons (Fsp3) is 0.259. The van der Waals surface area contributed by atoms with Crippen molar-refractivity contribution in [1.29, 1.82) is 0 Å². The van der Waals surface area contributed by atoms with Gasteiger partial charge in [0, 0.05) is 9.58 Å². The van der Waals surface area contributed by atoms with Crippen LogP contribution in [0.25, 0.3) is 20.5 Å². The van der Waals surface area contributed by atoms with Gasteiger partial charge >= 0.3 is 0 Å². The summed E-state index contributed by atoms with van der Waals surface area (Å²) in [6.07, 6.45) is 1.87. The Morgan fingerprint density at radius 3 is 2.58 bits per heavy atom. The van der Waals surface area contributed by atoms with Crippen molar-refractivity contribution >= 4 is 21.4 Å². The SMILES string of the molecule is CN(C)CCCC1(c2ccc(F)cc2)OCc2cc(-c3cc4ccccc4s3)ccc21. The Morgan fingerprint density at radius 2 is 1.81 bits per heavy atom. The maximum absolute atomic E-state index is 13.6. The van der Waals surface area contributed by atoms with Gasteiger partial charge in [0.2, 0.25) is 0 Å². The Morgan fingerprint density at radius 1 is 1.00 bits per heavy atom. The molecule has 0 amide bonds. The fourth-order valence-electron chi connectivity index (χ4n) is 4.62. The summed E-state index contributed by atoms with van der Waals surface area (Å²) in [4.78, 5) is 3.47. The van der Waals surface area contributed by atoms with E-state index >= 15 is 0 Å². The van der Waals surface area contributed by atoms with Gasteiger partial charge in [-0.1, -0.05) is 42.5 Å². The second kappa shape index (κ2) is 8.19. The van der Waals surface area contributed by atoms with Crippen LogP contribution in [0.15, 0.2) is 72.8 Å². The van der Waals surface area contributed by atoms with Gasteiger partial charge in [-0.2, -0.15) is 0 Å². The first-order valence-corrected chi connectivity index (χ1v) is 11.5. The number of halogens is 1. The van der Waals surface area contributed by atoms with E-state index in [0.717, 1.165) is 24.9 Å². The van der Waals surface area contributed by atoms with Crippen molar-refractivity contribution in [2.24, 2.45) is 0 Å². The zero-order valence-electron chi connectivity index (χ0n) is 17.9. The number of rotatable bonds is 6. The quantitative estimate of drug-likeness (QED) is 0.332. The van der Waals surface area contributed by atoms with Gasteiger partial charge in [0.1, 0.15) is 11.4 Å². The number of hydrogen-bond acceptors (Lipinski definition) is 3. The Labute approximate surface area is 186 Å². The molecule has 0 spiro atoms. The molecule has 158 valence electrons. The molecule has 4 heteroatoms. The van der Waals surface area contributed by atoms with E-state index in [1.54, 1.807) is 0 Å². The Hall–Kier alpha value is -2.53. The molecule has 5 rings (SSSR count). The van der Waals surface area contributed by atoms with Crippen LogP contribution in [0.1, 0.15) is 29.5 Å². The van der Waals surface area contributed by atoms with Gasteiger partial charge in [0.25, 0.3) is 0 Å². The molecule has 1 aliphatic heterocycles. The second-order valence-corrected chi connectivity index (χ2v) is 9.63. The van der Waals surface area contributed by atoms with Crippen LogP contribution in [0.2, 0.25) is 0 Å². The molecule has 1 unspecified atom stereocenters. The Balaban J connectivity index is 1.54. The molecule has 2 heterocycles. The van der Waals surface area contributed by atoms with E-state index in [9.17, 15) is 4.39 Å². The summed E-state index contributed by atoms with van der Waals surface area (Å²) in [5, 5.41) is 1.28. The summed E-state index contributed by atoms with van der Waals surface area (Å²) < 4.78 is 21.5.